The minimum absolute atomic E-state index is 0. The van der Waals surface area contributed by atoms with Gasteiger partial charge in [0, 0.05) is 12.5 Å². The number of nitrogens with zero attached hydrogens (tertiary/aromatic N) is 2. The van der Waals surface area contributed by atoms with Gasteiger partial charge in [-0.15, -0.1) is 12.4 Å². The highest BCUT2D eigenvalue weighted by Gasteiger charge is 2.30. The van der Waals surface area contributed by atoms with Crippen LogP contribution in [-0.2, 0) is 4.79 Å². The summed E-state index contributed by atoms with van der Waals surface area (Å²) in [6.07, 6.45) is 7.12. The summed E-state index contributed by atoms with van der Waals surface area (Å²) in [5.74, 6) is 2.35. The van der Waals surface area contributed by atoms with Gasteiger partial charge in [0.1, 0.15) is 5.82 Å². The molecule has 2 atom stereocenters. The van der Waals surface area contributed by atoms with Gasteiger partial charge in [-0.1, -0.05) is 0 Å². The molecule has 2 N–H and O–H groups in total. The van der Waals surface area contributed by atoms with Crippen LogP contribution in [0.15, 0.2) is 12.3 Å². The lowest BCUT2D eigenvalue weighted by molar-refractivity contribution is -0.116. The Morgan fingerprint density at radius 1 is 1.52 bits per heavy atom. The highest BCUT2D eigenvalue weighted by Crippen LogP contribution is 2.40. The third kappa shape index (κ3) is 4.20. The Morgan fingerprint density at radius 2 is 2.33 bits per heavy atom. The van der Waals surface area contributed by atoms with Crippen molar-refractivity contribution in [1.29, 1.82) is 0 Å². The Hall–Kier alpha value is -1.07. The first-order valence-electron chi connectivity index (χ1n) is 7.78. The van der Waals surface area contributed by atoms with Crippen LogP contribution in [0.2, 0.25) is 0 Å². The molecule has 1 saturated heterocycles. The van der Waals surface area contributed by atoms with Crippen LogP contribution in [0.25, 0.3) is 0 Å². The zero-order valence-electron chi connectivity index (χ0n) is 12.5. The van der Waals surface area contributed by atoms with E-state index in [0.29, 0.717) is 18.4 Å². The maximum Gasteiger partial charge on any atom is 0.225 e. The van der Waals surface area contributed by atoms with Crippen LogP contribution >= 0.6 is 12.4 Å². The number of halogens is 1. The molecule has 2 aliphatic rings. The van der Waals surface area contributed by atoms with Crippen molar-refractivity contribution >= 4 is 24.1 Å². The van der Waals surface area contributed by atoms with E-state index in [2.05, 4.69) is 22.7 Å². The Bertz CT molecular complexity index is 466. The van der Waals surface area contributed by atoms with Gasteiger partial charge in [-0.25, -0.2) is 4.68 Å². The smallest absolute Gasteiger partial charge is 0.225 e. The summed E-state index contributed by atoms with van der Waals surface area (Å²) in [4.78, 5) is 12.1. The summed E-state index contributed by atoms with van der Waals surface area (Å²) in [5, 5.41) is 10.7. The fraction of sp³-hybridized carbons (Fsp3) is 0.733. The van der Waals surface area contributed by atoms with E-state index < -0.39 is 0 Å². The summed E-state index contributed by atoms with van der Waals surface area (Å²) in [6.45, 7) is 4.34. The van der Waals surface area contributed by atoms with Crippen molar-refractivity contribution in [1.82, 2.24) is 15.1 Å². The molecule has 6 heteroatoms. The summed E-state index contributed by atoms with van der Waals surface area (Å²) in [7, 11) is 0. The number of hydrogen-bond donors (Lipinski definition) is 2. The number of aromatic nitrogens is 2. The zero-order valence-corrected chi connectivity index (χ0v) is 13.4. The van der Waals surface area contributed by atoms with Crippen LogP contribution in [0.3, 0.4) is 0 Å². The maximum atomic E-state index is 12.1. The molecule has 0 bridgehead atoms. The molecule has 0 aromatic carbocycles. The molecule has 118 valence electrons. The largest absolute Gasteiger partial charge is 0.316 e. The molecule has 5 nitrogen and oxygen atoms in total. The zero-order chi connectivity index (χ0) is 13.9. The Labute approximate surface area is 132 Å². The standard InChI is InChI=1S/C15H24N4O.ClH/c1-11(13-3-4-13)19-14(7-9-17-19)18-15(20)5-2-12-6-8-16-10-12;/h7,9,11-13,16H,2-6,8,10H2,1H3,(H,18,20);1H. The lowest BCUT2D eigenvalue weighted by Gasteiger charge is -2.15. The molecule has 1 amide bonds. The van der Waals surface area contributed by atoms with Gasteiger partial charge in [0.15, 0.2) is 0 Å². The van der Waals surface area contributed by atoms with Gasteiger partial charge in [-0.3, -0.25) is 4.79 Å². The third-order valence-corrected chi connectivity index (χ3v) is 4.57. The second-order valence-corrected chi connectivity index (χ2v) is 6.18. The number of carbonyl (C=O) groups excluding carboxylic acids is 1. The van der Waals surface area contributed by atoms with Crippen LogP contribution in [0.4, 0.5) is 5.82 Å². The lowest BCUT2D eigenvalue weighted by atomic mass is 10.0. The first-order chi connectivity index (χ1) is 9.74. The molecule has 1 saturated carbocycles. The highest BCUT2D eigenvalue weighted by atomic mass is 35.5. The lowest BCUT2D eigenvalue weighted by Crippen LogP contribution is -2.19. The summed E-state index contributed by atoms with van der Waals surface area (Å²) in [5.41, 5.74) is 0. The molecule has 3 rings (SSSR count). The molecule has 21 heavy (non-hydrogen) atoms. The van der Waals surface area contributed by atoms with Crippen LogP contribution in [0.5, 0.6) is 0 Å². The average Bonchev–Trinajstić information content (AvgIpc) is 2.97. The number of carbonyl (C=O) groups is 1. The molecule has 0 spiro atoms. The van der Waals surface area contributed by atoms with Crippen molar-refractivity contribution in [2.45, 2.75) is 45.1 Å². The van der Waals surface area contributed by atoms with E-state index in [1.807, 2.05) is 10.7 Å². The normalized spacial score (nSPS) is 22.6. The summed E-state index contributed by atoms with van der Waals surface area (Å²) >= 11 is 0. The number of nitrogens with one attached hydrogen (secondary N) is 2. The number of hydrogen-bond acceptors (Lipinski definition) is 3. The van der Waals surface area contributed by atoms with Gasteiger partial charge in [-0.2, -0.15) is 5.10 Å². The van der Waals surface area contributed by atoms with E-state index in [4.69, 9.17) is 0 Å². The average molecular weight is 313 g/mol. The van der Waals surface area contributed by atoms with Crippen LogP contribution in [0, 0.1) is 11.8 Å². The van der Waals surface area contributed by atoms with Crippen molar-refractivity contribution in [2.75, 3.05) is 18.4 Å². The molecule has 1 aromatic rings. The second-order valence-electron chi connectivity index (χ2n) is 6.18. The van der Waals surface area contributed by atoms with Crippen molar-refractivity contribution in [2.24, 2.45) is 11.8 Å². The van der Waals surface area contributed by atoms with Crippen molar-refractivity contribution in [3.05, 3.63) is 12.3 Å². The molecular weight excluding hydrogens is 288 g/mol. The predicted octanol–water partition coefficient (Wildman–Crippen LogP) is 2.60. The second kappa shape index (κ2) is 7.27. The minimum Gasteiger partial charge on any atom is -0.316 e. The molecule has 1 aliphatic carbocycles. The summed E-state index contributed by atoms with van der Waals surface area (Å²) < 4.78 is 1.96. The molecule has 1 aliphatic heterocycles. The van der Waals surface area contributed by atoms with Gasteiger partial charge in [0.2, 0.25) is 5.91 Å². The van der Waals surface area contributed by atoms with Crippen LogP contribution in [0.1, 0.15) is 45.1 Å². The number of anilines is 1. The Kier molecular flexibility index (Phi) is 5.65. The predicted molar refractivity (Wildman–Crippen MR) is 85.8 cm³/mol. The van der Waals surface area contributed by atoms with Gasteiger partial charge in [0.25, 0.3) is 0 Å². The van der Waals surface area contributed by atoms with E-state index in [-0.39, 0.29) is 18.3 Å². The number of amides is 1. The maximum absolute atomic E-state index is 12.1. The fourth-order valence-electron chi connectivity index (χ4n) is 3.02. The molecule has 2 heterocycles. The van der Waals surface area contributed by atoms with Gasteiger partial charge in [-0.05, 0) is 57.5 Å². The van der Waals surface area contributed by atoms with E-state index in [1.54, 1.807) is 6.20 Å². The van der Waals surface area contributed by atoms with E-state index in [1.165, 1.54) is 19.3 Å². The van der Waals surface area contributed by atoms with E-state index >= 15 is 0 Å². The topological polar surface area (TPSA) is 59.0 Å². The SMILES string of the molecule is CC(C1CC1)n1nccc1NC(=O)CCC1CCNC1.Cl. The molecule has 0 radical (unpaired) electrons. The highest BCUT2D eigenvalue weighted by molar-refractivity contribution is 5.89. The molecule has 2 fully saturated rings. The summed E-state index contributed by atoms with van der Waals surface area (Å²) in [6, 6.07) is 2.29. The van der Waals surface area contributed by atoms with Crippen molar-refractivity contribution in [3.63, 3.8) is 0 Å². The Balaban J connectivity index is 0.00000161. The van der Waals surface area contributed by atoms with Crippen LogP contribution in [-0.4, -0.2) is 28.8 Å². The quantitative estimate of drug-likeness (QED) is 0.849. The Morgan fingerprint density at radius 3 is 3.00 bits per heavy atom. The van der Waals surface area contributed by atoms with Gasteiger partial charge < -0.3 is 10.6 Å². The minimum atomic E-state index is 0. The fourth-order valence-corrected chi connectivity index (χ4v) is 3.02. The molecule has 1 aromatic heterocycles. The van der Waals surface area contributed by atoms with Crippen LogP contribution < -0.4 is 10.6 Å². The van der Waals surface area contributed by atoms with Crippen molar-refractivity contribution < 1.29 is 4.79 Å². The first-order valence-corrected chi connectivity index (χ1v) is 7.78. The molecular formula is C15H25ClN4O. The van der Waals surface area contributed by atoms with E-state index in [9.17, 15) is 4.79 Å². The monoisotopic (exact) mass is 312 g/mol. The molecule has 2 unspecified atom stereocenters. The third-order valence-electron chi connectivity index (χ3n) is 4.57. The van der Waals surface area contributed by atoms with Crippen molar-refractivity contribution in [3.8, 4) is 0 Å². The van der Waals surface area contributed by atoms with E-state index in [0.717, 1.165) is 31.2 Å². The number of rotatable bonds is 6. The van der Waals surface area contributed by atoms with Gasteiger partial charge >= 0.3 is 0 Å². The first kappa shape index (κ1) is 16.3. The van der Waals surface area contributed by atoms with Gasteiger partial charge in [0.05, 0.1) is 12.2 Å².